The van der Waals surface area contributed by atoms with Crippen molar-refractivity contribution in [2.75, 3.05) is 23.7 Å². The molecule has 0 saturated heterocycles. The molecular weight excluding hydrogens is 480 g/mol. The maximum Gasteiger partial charge on any atom is 0.275 e. The van der Waals surface area contributed by atoms with Gasteiger partial charge in [0.2, 0.25) is 0 Å². The lowest BCUT2D eigenvalue weighted by atomic mass is 9.94. The van der Waals surface area contributed by atoms with Gasteiger partial charge in [0.15, 0.2) is 0 Å². The molecule has 0 radical (unpaired) electrons. The van der Waals surface area contributed by atoms with Crippen molar-refractivity contribution in [3.8, 4) is 11.1 Å². The number of carbonyl (C=O) groups excluding carboxylic acids is 2. The molecule has 38 heavy (non-hydrogen) atoms. The highest BCUT2D eigenvalue weighted by Crippen LogP contribution is 2.34. The van der Waals surface area contributed by atoms with Crippen LogP contribution < -0.4 is 21.3 Å². The van der Waals surface area contributed by atoms with Crippen LogP contribution in [0.15, 0.2) is 48.8 Å². The highest BCUT2D eigenvalue weighted by atomic mass is 16.2. The highest BCUT2D eigenvalue weighted by molar-refractivity contribution is 6.05. The molecule has 4 heterocycles. The van der Waals surface area contributed by atoms with E-state index in [0.29, 0.717) is 24.5 Å². The van der Waals surface area contributed by atoms with Crippen molar-refractivity contribution < 1.29 is 9.59 Å². The number of carbonyl (C=O) groups is 2. The Hall–Kier alpha value is -4.28. The Balaban J connectivity index is 1.23. The minimum absolute atomic E-state index is 0.233. The van der Waals surface area contributed by atoms with Gasteiger partial charge in [0.25, 0.3) is 11.8 Å². The van der Waals surface area contributed by atoms with Gasteiger partial charge in [-0.1, -0.05) is 24.3 Å². The highest BCUT2D eigenvalue weighted by Gasteiger charge is 2.20. The molecule has 0 bridgehead atoms. The number of hydrogen-bond acceptors (Lipinski definition) is 6. The molecule has 194 valence electrons. The lowest BCUT2D eigenvalue weighted by Gasteiger charge is -2.16. The number of amides is 2. The average molecular weight is 511 g/mol. The van der Waals surface area contributed by atoms with Crippen LogP contribution in [0.25, 0.3) is 11.1 Å². The van der Waals surface area contributed by atoms with E-state index < -0.39 is 0 Å². The molecule has 4 aromatic rings. The van der Waals surface area contributed by atoms with E-state index in [1.165, 1.54) is 0 Å². The van der Waals surface area contributed by atoms with Crippen molar-refractivity contribution in [2.45, 2.75) is 40.0 Å². The van der Waals surface area contributed by atoms with Crippen molar-refractivity contribution >= 4 is 23.2 Å². The topological polar surface area (TPSA) is 118 Å². The molecule has 2 aliphatic heterocycles. The molecule has 0 fully saturated rings. The summed E-state index contributed by atoms with van der Waals surface area (Å²) in [5, 5.41) is 12.6. The van der Waals surface area contributed by atoms with Crippen LogP contribution in [0.2, 0.25) is 0 Å². The second-order valence-corrected chi connectivity index (χ2v) is 9.69. The fraction of sp³-hybridized carbons (Fsp3) is 0.286. The van der Waals surface area contributed by atoms with Crippen molar-refractivity contribution in [1.82, 2.24) is 29.7 Å². The normalized spacial score (nSPS) is 14.5. The van der Waals surface area contributed by atoms with Crippen molar-refractivity contribution in [3.05, 3.63) is 83.0 Å². The molecule has 2 aliphatic rings. The van der Waals surface area contributed by atoms with Gasteiger partial charge in [-0.25, -0.2) is 9.97 Å². The van der Waals surface area contributed by atoms with E-state index in [4.69, 9.17) is 0 Å². The molecule has 10 nitrogen and oxygen atoms in total. The van der Waals surface area contributed by atoms with Gasteiger partial charge in [-0.05, 0) is 48.2 Å². The number of aromatic nitrogens is 4. The van der Waals surface area contributed by atoms with Gasteiger partial charge in [-0.2, -0.15) is 0 Å². The zero-order chi connectivity index (χ0) is 26.2. The Morgan fingerprint density at radius 2 is 1.18 bits per heavy atom. The van der Waals surface area contributed by atoms with Crippen LogP contribution in [-0.2, 0) is 26.2 Å². The number of nitrogens with one attached hydrogen (secondary N) is 4. The van der Waals surface area contributed by atoms with Gasteiger partial charge in [0.1, 0.15) is 23.0 Å². The third-order valence-corrected chi connectivity index (χ3v) is 7.26. The van der Waals surface area contributed by atoms with Crippen molar-refractivity contribution in [2.24, 2.45) is 0 Å². The van der Waals surface area contributed by atoms with E-state index in [0.717, 1.165) is 71.5 Å². The number of fused-ring (bicyclic) bond motifs is 2. The maximum atomic E-state index is 13.0. The minimum Gasteiger partial charge on any atom is -0.332 e. The van der Waals surface area contributed by atoms with Crippen LogP contribution in [-0.4, -0.2) is 44.0 Å². The number of imidazole rings is 2. The van der Waals surface area contributed by atoms with E-state index in [-0.39, 0.29) is 11.8 Å². The maximum absolute atomic E-state index is 13.0. The summed E-state index contributed by atoms with van der Waals surface area (Å²) >= 11 is 0. The summed E-state index contributed by atoms with van der Waals surface area (Å²) < 4.78 is 4.04. The zero-order valence-electron chi connectivity index (χ0n) is 21.5. The summed E-state index contributed by atoms with van der Waals surface area (Å²) in [6.07, 6.45) is 3.63. The lowest BCUT2D eigenvalue weighted by Crippen LogP contribution is -2.27. The second kappa shape index (κ2) is 9.88. The van der Waals surface area contributed by atoms with E-state index in [9.17, 15) is 9.59 Å². The van der Waals surface area contributed by atoms with Gasteiger partial charge in [0, 0.05) is 49.9 Å². The molecule has 0 aliphatic carbocycles. The van der Waals surface area contributed by atoms with Gasteiger partial charge >= 0.3 is 0 Å². The van der Waals surface area contributed by atoms with E-state index in [2.05, 4.69) is 31.2 Å². The number of rotatable bonds is 5. The molecule has 0 atom stereocenters. The van der Waals surface area contributed by atoms with Crippen molar-refractivity contribution in [1.29, 1.82) is 0 Å². The van der Waals surface area contributed by atoms with Crippen LogP contribution in [0.1, 0.15) is 43.8 Å². The predicted molar refractivity (Wildman–Crippen MR) is 145 cm³/mol. The summed E-state index contributed by atoms with van der Waals surface area (Å²) in [7, 11) is 0. The molecule has 2 aromatic heterocycles. The second-order valence-electron chi connectivity index (χ2n) is 9.69. The first-order chi connectivity index (χ1) is 18.5. The largest absolute Gasteiger partial charge is 0.332 e. The van der Waals surface area contributed by atoms with E-state index in [1.54, 1.807) is 0 Å². The Bertz CT molecular complexity index is 1390. The summed E-state index contributed by atoms with van der Waals surface area (Å²) in [6.45, 7) is 8.64. The first-order valence-corrected chi connectivity index (χ1v) is 12.8. The van der Waals surface area contributed by atoms with Gasteiger partial charge in [-0.15, -0.1) is 0 Å². The van der Waals surface area contributed by atoms with Crippen LogP contribution in [0.5, 0.6) is 0 Å². The summed E-state index contributed by atoms with van der Waals surface area (Å²) in [5.41, 5.74) is 6.10. The van der Waals surface area contributed by atoms with Crippen LogP contribution in [0.3, 0.4) is 0 Å². The molecule has 2 amide bonds. The van der Waals surface area contributed by atoms with Gasteiger partial charge < -0.3 is 30.4 Å². The molecule has 0 unspecified atom stereocenters. The first-order valence-electron chi connectivity index (χ1n) is 12.8. The predicted octanol–water partition coefficient (Wildman–Crippen LogP) is 3.07. The standard InChI is InChI=1S/C28H30N8O2/c1-17-19(5-3-7-21(17)33-27(37)23-15-35-11-9-29-13-25(35)31-23)20-6-4-8-22(18(20)2)34-28(38)24-16-36-12-10-30-14-26(36)32-24/h3-8,15-16,29-30H,9-14H2,1-2H3,(H,33,37)(H,34,38). The number of benzene rings is 2. The summed E-state index contributed by atoms with van der Waals surface area (Å²) in [4.78, 5) is 35.0. The Morgan fingerprint density at radius 1 is 0.737 bits per heavy atom. The first kappa shape index (κ1) is 24.1. The lowest BCUT2D eigenvalue weighted by molar-refractivity contribution is 0.101. The summed E-state index contributed by atoms with van der Waals surface area (Å²) in [5.74, 6) is 1.27. The Morgan fingerprint density at radius 3 is 1.61 bits per heavy atom. The molecule has 4 N–H and O–H groups in total. The fourth-order valence-corrected chi connectivity index (χ4v) is 5.09. The number of nitrogens with zero attached hydrogens (tertiary/aromatic N) is 4. The third kappa shape index (κ3) is 4.48. The van der Waals surface area contributed by atoms with E-state index >= 15 is 0 Å². The van der Waals surface area contributed by atoms with E-state index in [1.807, 2.05) is 71.8 Å². The molecule has 0 saturated carbocycles. The third-order valence-electron chi connectivity index (χ3n) is 7.26. The molecule has 6 rings (SSSR count). The SMILES string of the molecule is Cc1c(NC(=O)c2cn3c(n2)CNCC3)cccc1-c1cccc(NC(=O)c2cn3c(n2)CNCC3)c1C. The number of hydrogen-bond donors (Lipinski definition) is 4. The Labute approximate surface area is 220 Å². The molecule has 10 heteroatoms. The van der Waals surface area contributed by atoms with Crippen LogP contribution in [0.4, 0.5) is 11.4 Å². The van der Waals surface area contributed by atoms with Gasteiger partial charge in [0.05, 0.1) is 13.1 Å². The van der Waals surface area contributed by atoms with Crippen LogP contribution in [0, 0.1) is 13.8 Å². The summed E-state index contributed by atoms with van der Waals surface area (Å²) in [6, 6.07) is 11.7. The average Bonchev–Trinajstić information content (AvgIpc) is 3.56. The quantitative estimate of drug-likeness (QED) is 0.328. The smallest absolute Gasteiger partial charge is 0.275 e. The van der Waals surface area contributed by atoms with Crippen molar-refractivity contribution in [3.63, 3.8) is 0 Å². The molecular formula is C28H30N8O2. The zero-order valence-corrected chi connectivity index (χ0v) is 21.5. The molecule has 2 aromatic carbocycles. The Kier molecular flexibility index (Phi) is 6.26. The monoisotopic (exact) mass is 510 g/mol. The van der Waals surface area contributed by atoms with Crippen LogP contribution >= 0.6 is 0 Å². The molecule has 0 spiro atoms. The number of anilines is 2. The fourth-order valence-electron chi connectivity index (χ4n) is 5.09. The van der Waals surface area contributed by atoms with Gasteiger partial charge in [-0.3, -0.25) is 9.59 Å². The minimum atomic E-state index is -0.233.